The second kappa shape index (κ2) is 7.36. The van der Waals surface area contributed by atoms with E-state index in [9.17, 15) is 4.79 Å². The van der Waals surface area contributed by atoms with Gasteiger partial charge in [-0.3, -0.25) is 14.7 Å². The number of pyridine rings is 1. The zero-order valence-corrected chi connectivity index (χ0v) is 14.8. The number of nitrogens with zero attached hydrogens (tertiary/aromatic N) is 6. The molecular weight excluding hydrogens is 334 g/mol. The average Bonchev–Trinajstić information content (AvgIpc) is 3.21. The molecule has 0 aromatic carbocycles. The van der Waals surface area contributed by atoms with Gasteiger partial charge in [-0.05, 0) is 35.8 Å². The molecule has 4 rings (SSSR count). The van der Waals surface area contributed by atoms with Crippen molar-refractivity contribution in [2.45, 2.75) is 51.4 Å². The third-order valence-corrected chi connectivity index (χ3v) is 4.66. The number of hydrogen-bond donors (Lipinski definition) is 1. The predicted octanol–water partition coefficient (Wildman–Crippen LogP) is 0.692. The number of carbonyl (C=O) groups is 1. The van der Waals surface area contributed by atoms with Gasteiger partial charge in [0, 0.05) is 32.3 Å². The van der Waals surface area contributed by atoms with Gasteiger partial charge in [0.25, 0.3) is 0 Å². The topological polar surface area (TPSA) is 98.1 Å². The monoisotopic (exact) mass is 357 g/mol. The number of nitrogens with one attached hydrogen (secondary N) is 1. The molecule has 0 spiro atoms. The summed E-state index contributed by atoms with van der Waals surface area (Å²) in [6.45, 7) is 4.47. The molecule has 1 aliphatic heterocycles. The van der Waals surface area contributed by atoms with Crippen molar-refractivity contribution in [3.63, 3.8) is 0 Å². The van der Waals surface area contributed by atoms with Crippen LogP contribution in [0, 0.1) is 0 Å². The molecule has 26 heavy (non-hydrogen) atoms. The molecule has 9 nitrogen and oxygen atoms in total. The Balaban J connectivity index is 1.30. The fourth-order valence-corrected chi connectivity index (χ4v) is 3.19. The number of amides is 1. The Labute approximate surface area is 151 Å². The molecule has 138 valence electrons. The van der Waals surface area contributed by atoms with E-state index in [2.05, 4.69) is 30.7 Å². The molecule has 1 unspecified atom stereocenters. The minimum atomic E-state index is -0.0712. The summed E-state index contributed by atoms with van der Waals surface area (Å²) in [5, 5.41) is 14.8. The van der Waals surface area contributed by atoms with E-state index in [4.69, 9.17) is 4.74 Å². The first-order chi connectivity index (χ1) is 12.7. The Bertz CT molecular complexity index is 774. The van der Waals surface area contributed by atoms with E-state index in [0.29, 0.717) is 12.6 Å². The van der Waals surface area contributed by atoms with E-state index < -0.39 is 0 Å². The van der Waals surface area contributed by atoms with Crippen molar-refractivity contribution in [1.29, 1.82) is 0 Å². The molecule has 2 fully saturated rings. The lowest BCUT2D eigenvalue weighted by Gasteiger charge is -2.16. The zero-order chi connectivity index (χ0) is 17.9. The zero-order valence-electron chi connectivity index (χ0n) is 14.8. The summed E-state index contributed by atoms with van der Waals surface area (Å²) in [4.78, 5) is 17.6. The first-order valence-electron chi connectivity index (χ1n) is 9.02. The normalized spacial score (nSPS) is 20.3. The summed E-state index contributed by atoms with van der Waals surface area (Å²) in [5.41, 5.74) is 0.788. The van der Waals surface area contributed by atoms with Crippen LogP contribution in [-0.2, 0) is 17.9 Å². The van der Waals surface area contributed by atoms with E-state index in [0.717, 1.165) is 43.3 Å². The predicted molar refractivity (Wildman–Crippen MR) is 92.2 cm³/mol. The van der Waals surface area contributed by atoms with Crippen LogP contribution in [0.2, 0.25) is 0 Å². The van der Waals surface area contributed by atoms with Crippen LogP contribution in [0.1, 0.15) is 43.7 Å². The molecule has 1 N–H and O–H groups in total. The van der Waals surface area contributed by atoms with Crippen LogP contribution in [0.15, 0.2) is 18.3 Å². The Morgan fingerprint density at radius 2 is 2.27 bits per heavy atom. The van der Waals surface area contributed by atoms with Gasteiger partial charge in [-0.25, -0.2) is 4.68 Å². The van der Waals surface area contributed by atoms with Crippen molar-refractivity contribution < 1.29 is 9.53 Å². The fraction of sp³-hybridized carbons (Fsp3) is 0.588. The molecule has 2 aliphatic rings. The van der Waals surface area contributed by atoms with E-state index in [1.807, 2.05) is 16.8 Å². The lowest BCUT2D eigenvalue weighted by Crippen LogP contribution is -2.26. The smallest absolute Gasteiger partial charge is 0.217 e. The molecule has 2 aromatic rings. The lowest BCUT2D eigenvalue weighted by atomic mass is 10.3. The molecule has 2 aromatic heterocycles. The molecule has 1 aliphatic carbocycles. The number of carbonyl (C=O) groups excluding carboxylic acids is 1. The SMILES string of the molecule is CC(=O)NCc1cc(OC2CCN(Cc3nnnn3C3CC3)C2)ccn1. The minimum Gasteiger partial charge on any atom is -0.489 e. The highest BCUT2D eigenvalue weighted by Crippen LogP contribution is 2.34. The average molecular weight is 357 g/mol. The summed E-state index contributed by atoms with van der Waals surface area (Å²) in [6, 6.07) is 4.23. The summed E-state index contributed by atoms with van der Waals surface area (Å²) in [5.74, 6) is 1.66. The van der Waals surface area contributed by atoms with Gasteiger partial charge in [0.15, 0.2) is 5.82 Å². The van der Waals surface area contributed by atoms with E-state index >= 15 is 0 Å². The molecule has 1 saturated heterocycles. The Hall–Kier alpha value is -2.55. The van der Waals surface area contributed by atoms with Crippen LogP contribution >= 0.6 is 0 Å². The Morgan fingerprint density at radius 3 is 3.08 bits per heavy atom. The molecule has 0 radical (unpaired) electrons. The maximum absolute atomic E-state index is 11.0. The summed E-state index contributed by atoms with van der Waals surface area (Å²) in [6.07, 6.45) is 5.16. The van der Waals surface area contributed by atoms with Crippen LogP contribution in [0.5, 0.6) is 5.75 Å². The van der Waals surface area contributed by atoms with Crippen molar-refractivity contribution in [2.75, 3.05) is 13.1 Å². The molecule has 1 saturated carbocycles. The highest BCUT2D eigenvalue weighted by molar-refractivity contribution is 5.72. The second-order valence-electron chi connectivity index (χ2n) is 6.93. The number of aromatic nitrogens is 5. The van der Waals surface area contributed by atoms with E-state index in [-0.39, 0.29) is 12.0 Å². The molecule has 1 atom stereocenters. The molecule has 3 heterocycles. The fourth-order valence-electron chi connectivity index (χ4n) is 3.19. The van der Waals surface area contributed by atoms with Gasteiger partial charge in [0.1, 0.15) is 11.9 Å². The van der Waals surface area contributed by atoms with Gasteiger partial charge in [0.2, 0.25) is 5.91 Å². The maximum atomic E-state index is 11.0. The molecular formula is C17H23N7O2. The highest BCUT2D eigenvalue weighted by Gasteiger charge is 2.30. The number of hydrogen-bond acceptors (Lipinski definition) is 7. The molecule has 0 bridgehead atoms. The van der Waals surface area contributed by atoms with Crippen LogP contribution in [0.25, 0.3) is 0 Å². The van der Waals surface area contributed by atoms with Gasteiger partial charge in [-0.15, -0.1) is 5.10 Å². The number of ether oxygens (including phenoxy) is 1. The van der Waals surface area contributed by atoms with Gasteiger partial charge in [-0.2, -0.15) is 0 Å². The minimum absolute atomic E-state index is 0.0712. The third-order valence-electron chi connectivity index (χ3n) is 4.66. The first-order valence-corrected chi connectivity index (χ1v) is 9.02. The number of tetrazole rings is 1. The van der Waals surface area contributed by atoms with Crippen molar-refractivity contribution in [3.8, 4) is 5.75 Å². The lowest BCUT2D eigenvalue weighted by molar-refractivity contribution is -0.119. The summed E-state index contributed by atoms with van der Waals surface area (Å²) in [7, 11) is 0. The molecule has 9 heteroatoms. The summed E-state index contributed by atoms with van der Waals surface area (Å²) < 4.78 is 8.07. The third kappa shape index (κ3) is 4.16. The van der Waals surface area contributed by atoms with Gasteiger partial charge < -0.3 is 10.1 Å². The second-order valence-corrected chi connectivity index (χ2v) is 6.93. The van der Waals surface area contributed by atoms with Crippen molar-refractivity contribution in [2.24, 2.45) is 0 Å². The summed E-state index contributed by atoms with van der Waals surface area (Å²) >= 11 is 0. The van der Waals surface area contributed by atoms with Gasteiger partial charge in [-0.1, -0.05) is 0 Å². The van der Waals surface area contributed by atoms with Crippen LogP contribution in [0.3, 0.4) is 0 Å². The van der Waals surface area contributed by atoms with Crippen molar-refractivity contribution in [1.82, 2.24) is 35.4 Å². The van der Waals surface area contributed by atoms with Crippen molar-refractivity contribution in [3.05, 3.63) is 29.8 Å². The van der Waals surface area contributed by atoms with E-state index in [1.54, 1.807) is 6.20 Å². The van der Waals surface area contributed by atoms with E-state index in [1.165, 1.54) is 19.8 Å². The maximum Gasteiger partial charge on any atom is 0.217 e. The first kappa shape index (κ1) is 16.9. The largest absolute Gasteiger partial charge is 0.489 e. The number of rotatable bonds is 7. The van der Waals surface area contributed by atoms with Crippen LogP contribution in [-0.4, -0.2) is 55.2 Å². The van der Waals surface area contributed by atoms with Crippen LogP contribution < -0.4 is 10.1 Å². The van der Waals surface area contributed by atoms with Gasteiger partial charge >= 0.3 is 0 Å². The quantitative estimate of drug-likeness (QED) is 0.778. The van der Waals surface area contributed by atoms with Gasteiger partial charge in [0.05, 0.1) is 24.8 Å². The Kier molecular flexibility index (Phi) is 4.79. The highest BCUT2D eigenvalue weighted by atomic mass is 16.5. The Morgan fingerprint density at radius 1 is 1.38 bits per heavy atom. The standard InChI is InChI=1S/C17H23N7O2/c1-12(25)19-9-13-8-15(4-6-18-13)26-16-5-7-23(10-16)11-17-20-21-22-24(17)14-2-3-14/h4,6,8,14,16H,2-3,5,7,9-11H2,1H3,(H,19,25). The molecule has 1 amide bonds. The van der Waals surface area contributed by atoms with Crippen LogP contribution in [0.4, 0.5) is 0 Å². The van der Waals surface area contributed by atoms with Crippen molar-refractivity contribution >= 4 is 5.91 Å². The number of likely N-dealkylation sites (tertiary alicyclic amines) is 1.